The summed E-state index contributed by atoms with van der Waals surface area (Å²) >= 11 is 0. The molecule has 5 heteroatoms. The van der Waals surface area contributed by atoms with Gasteiger partial charge in [0.1, 0.15) is 5.75 Å². The number of benzene rings is 1. The summed E-state index contributed by atoms with van der Waals surface area (Å²) < 4.78 is 9.78. The molecular formula is C13H16O5. The van der Waals surface area contributed by atoms with Gasteiger partial charge in [-0.3, -0.25) is 9.59 Å². The number of carboxylic acid groups (broad SMARTS) is 1. The van der Waals surface area contributed by atoms with Crippen molar-refractivity contribution < 1.29 is 24.2 Å². The predicted octanol–water partition coefficient (Wildman–Crippen LogP) is 1.50. The molecule has 0 amide bonds. The van der Waals surface area contributed by atoms with Crippen LogP contribution in [0.4, 0.5) is 0 Å². The third kappa shape index (κ3) is 3.76. The lowest BCUT2D eigenvalue weighted by atomic mass is 9.99. The van der Waals surface area contributed by atoms with E-state index in [9.17, 15) is 9.59 Å². The van der Waals surface area contributed by atoms with E-state index in [1.165, 1.54) is 7.11 Å². The van der Waals surface area contributed by atoms with Gasteiger partial charge in [0.15, 0.2) is 5.92 Å². The molecule has 0 aliphatic carbocycles. The SMILES string of the molecule is CCOC(=O)[C@H](Cc1cccc(OC)c1)C(=O)O. The van der Waals surface area contributed by atoms with Crippen molar-refractivity contribution in [1.29, 1.82) is 0 Å². The number of aliphatic carboxylic acids is 1. The highest BCUT2D eigenvalue weighted by atomic mass is 16.5. The minimum atomic E-state index is -1.18. The van der Waals surface area contributed by atoms with Crippen LogP contribution in [-0.2, 0) is 20.7 Å². The number of methoxy groups -OCH3 is 1. The fourth-order valence-electron chi connectivity index (χ4n) is 1.55. The van der Waals surface area contributed by atoms with Gasteiger partial charge in [0.2, 0.25) is 0 Å². The normalized spacial score (nSPS) is 11.7. The van der Waals surface area contributed by atoms with Gasteiger partial charge in [-0.1, -0.05) is 12.1 Å². The van der Waals surface area contributed by atoms with E-state index < -0.39 is 17.9 Å². The lowest BCUT2D eigenvalue weighted by Gasteiger charge is -2.11. The van der Waals surface area contributed by atoms with Crippen LogP contribution in [0.2, 0.25) is 0 Å². The number of carbonyl (C=O) groups is 2. The Morgan fingerprint density at radius 2 is 2.11 bits per heavy atom. The summed E-state index contributed by atoms with van der Waals surface area (Å²) in [7, 11) is 1.53. The van der Waals surface area contributed by atoms with Gasteiger partial charge in [-0.15, -0.1) is 0 Å². The molecule has 18 heavy (non-hydrogen) atoms. The maximum absolute atomic E-state index is 11.5. The lowest BCUT2D eigenvalue weighted by Crippen LogP contribution is -2.27. The van der Waals surface area contributed by atoms with Crippen LogP contribution in [0, 0.1) is 5.92 Å². The first kappa shape index (κ1) is 14.0. The number of carboxylic acids is 1. The molecule has 0 aromatic heterocycles. The Balaban J connectivity index is 2.82. The van der Waals surface area contributed by atoms with Crippen molar-refractivity contribution in [3.05, 3.63) is 29.8 Å². The zero-order valence-electron chi connectivity index (χ0n) is 10.4. The van der Waals surface area contributed by atoms with Gasteiger partial charge in [-0.2, -0.15) is 0 Å². The zero-order valence-corrected chi connectivity index (χ0v) is 10.4. The molecule has 0 aliphatic heterocycles. The number of hydrogen-bond donors (Lipinski definition) is 1. The van der Waals surface area contributed by atoms with E-state index in [1.54, 1.807) is 31.2 Å². The highest BCUT2D eigenvalue weighted by molar-refractivity contribution is 5.94. The second-order valence-corrected chi connectivity index (χ2v) is 3.70. The number of rotatable bonds is 6. The predicted molar refractivity (Wildman–Crippen MR) is 64.5 cm³/mol. The van der Waals surface area contributed by atoms with Crippen LogP contribution in [0.15, 0.2) is 24.3 Å². The molecule has 0 aliphatic rings. The molecule has 0 bridgehead atoms. The summed E-state index contributed by atoms with van der Waals surface area (Å²) in [4.78, 5) is 22.6. The van der Waals surface area contributed by atoms with E-state index in [-0.39, 0.29) is 13.0 Å². The quantitative estimate of drug-likeness (QED) is 0.613. The van der Waals surface area contributed by atoms with Gasteiger partial charge in [0, 0.05) is 0 Å². The van der Waals surface area contributed by atoms with Crippen molar-refractivity contribution in [2.24, 2.45) is 5.92 Å². The Morgan fingerprint density at radius 3 is 2.67 bits per heavy atom. The Bertz CT molecular complexity index is 427. The molecular weight excluding hydrogens is 236 g/mol. The smallest absolute Gasteiger partial charge is 0.320 e. The van der Waals surface area contributed by atoms with Gasteiger partial charge < -0.3 is 14.6 Å². The van der Waals surface area contributed by atoms with Crippen LogP contribution in [0.1, 0.15) is 12.5 Å². The van der Waals surface area contributed by atoms with E-state index in [0.29, 0.717) is 5.75 Å². The summed E-state index contributed by atoms with van der Waals surface area (Å²) in [6, 6.07) is 6.95. The number of esters is 1. The maximum atomic E-state index is 11.5. The lowest BCUT2D eigenvalue weighted by molar-refractivity contribution is -0.158. The van der Waals surface area contributed by atoms with Gasteiger partial charge in [-0.25, -0.2) is 0 Å². The van der Waals surface area contributed by atoms with Crippen LogP contribution in [0.5, 0.6) is 5.75 Å². The van der Waals surface area contributed by atoms with E-state index in [4.69, 9.17) is 14.6 Å². The minimum Gasteiger partial charge on any atom is -0.497 e. The van der Waals surface area contributed by atoms with Crippen LogP contribution in [0.25, 0.3) is 0 Å². The van der Waals surface area contributed by atoms with Crippen LogP contribution in [0.3, 0.4) is 0 Å². The van der Waals surface area contributed by atoms with Crippen molar-refractivity contribution in [1.82, 2.24) is 0 Å². The Labute approximate surface area is 105 Å². The van der Waals surface area contributed by atoms with Crippen molar-refractivity contribution >= 4 is 11.9 Å². The molecule has 1 aromatic rings. The van der Waals surface area contributed by atoms with Crippen molar-refractivity contribution in [3.8, 4) is 5.75 Å². The fraction of sp³-hybridized carbons (Fsp3) is 0.385. The summed E-state index contributed by atoms with van der Waals surface area (Å²) in [6.07, 6.45) is 0.0887. The van der Waals surface area contributed by atoms with Gasteiger partial charge in [0.05, 0.1) is 13.7 Å². The molecule has 98 valence electrons. The largest absolute Gasteiger partial charge is 0.497 e. The first-order valence-electron chi connectivity index (χ1n) is 5.60. The zero-order chi connectivity index (χ0) is 13.5. The van der Waals surface area contributed by atoms with E-state index in [1.807, 2.05) is 0 Å². The topological polar surface area (TPSA) is 72.8 Å². The third-order valence-electron chi connectivity index (χ3n) is 2.44. The average molecular weight is 252 g/mol. The average Bonchev–Trinajstić information content (AvgIpc) is 2.36. The summed E-state index contributed by atoms with van der Waals surface area (Å²) in [5.41, 5.74) is 0.717. The number of carbonyl (C=O) groups excluding carboxylic acids is 1. The number of ether oxygens (including phenoxy) is 2. The summed E-state index contributed by atoms with van der Waals surface area (Å²) in [6.45, 7) is 1.81. The monoisotopic (exact) mass is 252 g/mol. The minimum absolute atomic E-state index is 0.0887. The summed E-state index contributed by atoms with van der Waals surface area (Å²) in [5.74, 6) is -2.46. The molecule has 0 radical (unpaired) electrons. The second-order valence-electron chi connectivity index (χ2n) is 3.70. The Morgan fingerprint density at radius 1 is 1.39 bits per heavy atom. The van der Waals surface area contributed by atoms with Gasteiger partial charge in [-0.05, 0) is 31.0 Å². The second kappa shape index (κ2) is 6.64. The molecule has 0 heterocycles. The van der Waals surface area contributed by atoms with E-state index in [0.717, 1.165) is 5.56 Å². The van der Waals surface area contributed by atoms with Crippen LogP contribution >= 0.6 is 0 Å². The maximum Gasteiger partial charge on any atom is 0.320 e. The first-order chi connectivity index (χ1) is 8.58. The van der Waals surface area contributed by atoms with Crippen molar-refractivity contribution in [2.75, 3.05) is 13.7 Å². The Hall–Kier alpha value is -2.04. The molecule has 1 atom stereocenters. The van der Waals surface area contributed by atoms with Crippen molar-refractivity contribution in [3.63, 3.8) is 0 Å². The van der Waals surface area contributed by atoms with Gasteiger partial charge >= 0.3 is 11.9 Å². The number of hydrogen-bond acceptors (Lipinski definition) is 4. The Kier molecular flexibility index (Phi) is 5.17. The van der Waals surface area contributed by atoms with E-state index >= 15 is 0 Å². The fourth-order valence-corrected chi connectivity index (χ4v) is 1.55. The van der Waals surface area contributed by atoms with E-state index in [2.05, 4.69) is 0 Å². The first-order valence-corrected chi connectivity index (χ1v) is 5.60. The van der Waals surface area contributed by atoms with Crippen LogP contribution < -0.4 is 4.74 Å². The highest BCUT2D eigenvalue weighted by Crippen LogP contribution is 2.17. The molecule has 5 nitrogen and oxygen atoms in total. The third-order valence-corrected chi connectivity index (χ3v) is 2.44. The molecule has 1 rings (SSSR count). The summed E-state index contributed by atoms with van der Waals surface area (Å²) in [5, 5.41) is 9.03. The molecule has 1 aromatic carbocycles. The van der Waals surface area contributed by atoms with Crippen LogP contribution in [-0.4, -0.2) is 30.8 Å². The molecule has 0 spiro atoms. The molecule has 0 unspecified atom stereocenters. The van der Waals surface area contributed by atoms with Crippen molar-refractivity contribution in [2.45, 2.75) is 13.3 Å². The van der Waals surface area contributed by atoms with Gasteiger partial charge in [0.25, 0.3) is 0 Å². The molecule has 0 fully saturated rings. The molecule has 0 saturated heterocycles. The molecule has 1 N–H and O–H groups in total. The standard InChI is InChI=1S/C13H16O5/c1-3-18-13(16)11(12(14)15)8-9-5-4-6-10(7-9)17-2/h4-7,11H,3,8H2,1-2H3,(H,14,15)/t11-/m1/s1. The molecule has 0 saturated carbocycles. The highest BCUT2D eigenvalue weighted by Gasteiger charge is 2.27.